The highest BCUT2D eigenvalue weighted by atomic mass is 16.3. The van der Waals surface area contributed by atoms with E-state index in [0.29, 0.717) is 19.3 Å². The molecule has 1 rings (SSSR count). The highest BCUT2D eigenvalue weighted by molar-refractivity contribution is 5.83. The predicted molar refractivity (Wildman–Crippen MR) is 60.3 cm³/mol. The van der Waals surface area contributed by atoms with Gasteiger partial charge in [0.05, 0.1) is 0 Å². The van der Waals surface area contributed by atoms with Gasteiger partial charge in [0.1, 0.15) is 6.10 Å². The zero-order chi connectivity index (χ0) is 11.1. The second kappa shape index (κ2) is 6.63. The second-order valence-electron chi connectivity index (χ2n) is 4.37. The Morgan fingerprint density at radius 3 is 2.67 bits per heavy atom. The van der Waals surface area contributed by atoms with Crippen molar-refractivity contribution in [3.63, 3.8) is 0 Å². The van der Waals surface area contributed by atoms with E-state index in [-0.39, 0.29) is 11.7 Å². The van der Waals surface area contributed by atoms with Gasteiger partial charge in [0, 0.05) is 12.8 Å². The summed E-state index contributed by atoms with van der Waals surface area (Å²) in [6, 6.07) is 0. The Kier molecular flexibility index (Phi) is 5.42. The Morgan fingerprint density at radius 1 is 1.40 bits per heavy atom. The number of hydrogen-bond donors (Lipinski definition) is 1. The van der Waals surface area contributed by atoms with Crippen LogP contribution in [0.4, 0.5) is 0 Å². The molecule has 1 fully saturated rings. The molecule has 0 heterocycles. The number of unbranched alkanes of at least 4 members (excludes halogenated alkanes) is 1. The van der Waals surface area contributed by atoms with Gasteiger partial charge in [-0.05, 0) is 25.2 Å². The van der Waals surface area contributed by atoms with Crippen LogP contribution in [0.2, 0.25) is 0 Å². The third-order valence-electron chi connectivity index (χ3n) is 3.17. The Hall–Kier alpha value is -0.810. The topological polar surface area (TPSA) is 37.3 Å². The maximum atomic E-state index is 11.6. The van der Waals surface area contributed by atoms with Crippen molar-refractivity contribution in [1.29, 1.82) is 0 Å². The van der Waals surface area contributed by atoms with E-state index < -0.39 is 6.10 Å². The van der Waals surface area contributed by atoms with Gasteiger partial charge in [-0.25, -0.2) is 0 Å². The number of rotatable bonds is 5. The summed E-state index contributed by atoms with van der Waals surface area (Å²) >= 11 is 0. The molecule has 0 radical (unpaired) electrons. The Morgan fingerprint density at radius 2 is 2.07 bits per heavy atom. The first-order valence-electron chi connectivity index (χ1n) is 5.90. The fourth-order valence-corrected chi connectivity index (χ4v) is 2.23. The smallest absolute Gasteiger partial charge is 0.161 e. The van der Waals surface area contributed by atoms with Crippen LogP contribution in [-0.2, 0) is 4.79 Å². The van der Waals surface area contributed by atoms with Crippen LogP contribution in [-0.4, -0.2) is 17.0 Å². The molecule has 2 heteroatoms. The molecular weight excluding hydrogens is 188 g/mol. The lowest BCUT2D eigenvalue weighted by molar-refractivity contribution is -0.130. The molecule has 0 aliphatic heterocycles. The maximum Gasteiger partial charge on any atom is 0.161 e. The van der Waals surface area contributed by atoms with Crippen molar-refractivity contribution in [1.82, 2.24) is 0 Å². The lowest BCUT2D eigenvalue weighted by Gasteiger charge is -2.25. The number of ketones is 1. The van der Waals surface area contributed by atoms with E-state index in [0.717, 1.165) is 25.7 Å². The highest BCUT2D eigenvalue weighted by Crippen LogP contribution is 2.27. The van der Waals surface area contributed by atoms with Crippen LogP contribution < -0.4 is 0 Å². The summed E-state index contributed by atoms with van der Waals surface area (Å²) in [5.41, 5.74) is 0. The van der Waals surface area contributed by atoms with Gasteiger partial charge in [-0.3, -0.25) is 4.79 Å². The van der Waals surface area contributed by atoms with Crippen molar-refractivity contribution >= 4 is 5.78 Å². The summed E-state index contributed by atoms with van der Waals surface area (Å²) < 4.78 is 0. The van der Waals surface area contributed by atoms with E-state index >= 15 is 0 Å². The summed E-state index contributed by atoms with van der Waals surface area (Å²) in [6.45, 7) is 0. The average molecular weight is 208 g/mol. The van der Waals surface area contributed by atoms with Crippen molar-refractivity contribution in [2.24, 2.45) is 5.92 Å². The van der Waals surface area contributed by atoms with Crippen LogP contribution in [0.3, 0.4) is 0 Å². The second-order valence-corrected chi connectivity index (χ2v) is 4.37. The lowest BCUT2D eigenvalue weighted by Crippen LogP contribution is -2.30. The number of carbonyl (C=O) groups excluding carboxylic acids is 1. The quantitative estimate of drug-likeness (QED) is 0.556. The molecule has 0 aromatic rings. The largest absolute Gasteiger partial charge is 0.385 e. The minimum Gasteiger partial charge on any atom is -0.385 e. The van der Waals surface area contributed by atoms with Crippen molar-refractivity contribution in [3.05, 3.63) is 0 Å². The van der Waals surface area contributed by atoms with Crippen LogP contribution in [0.1, 0.15) is 51.4 Å². The third kappa shape index (κ3) is 4.05. The number of terminal acetylenes is 1. The van der Waals surface area contributed by atoms with Crippen LogP contribution in [0.5, 0.6) is 0 Å². The van der Waals surface area contributed by atoms with Crippen LogP contribution >= 0.6 is 0 Å². The normalized spacial score (nSPS) is 19.5. The summed E-state index contributed by atoms with van der Waals surface area (Å²) in [7, 11) is 0. The molecule has 1 aliphatic rings. The Labute approximate surface area is 92.1 Å². The third-order valence-corrected chi connectivity index (χ3v) is 3.17. The van der Waals surface area contributed by atoms with Crippen molar-refractivity contribution in [2.45, 2.75) is 57.5 Å². The van der Waals surface area contributed by atoms with Gasteiger partial charge in [-0.2, -0.15) is 0 Å². The van der Waals surface area contributed by atoms with Gasteiger partial charge in [0.25, 0.3) is 0 Å². The molecule has 1 aliphatic carbocycles. The predicted octanol–water partition coefficient (Wildman–Crippen LogP) is 2.30. The van der Waals surface area contributed by atoms with E-state index in [2.05, 4.69) is 5.92 Å². The molecule has 15 heavy (non-hydrogen) atoms. The average Bonchev–Trinajstić information content (AvgIpc) is 2.29. The van der Waals surface area contributed by atoms with E-state index in [9.17, 15) is 9.90 Å². The van der Waals surface area contributed by atoms with E-state index in [1.54, 1.807) is 0 Å². The van der Waals surface area contributed by atoms with Crippen LogP contribution in [0.15, 0.2) is 0 Å². The van der Waals surface area contributed by atoms with Gasteiger partial charge in [-0.1, -0.05) is 19.3 Å². The van der Waals surface area contributed by atoms with Gasteiger partial charge in [0.15, 0.2) is 5.78 Å². The van der Waals surface area contributed by atoms with E-state index in [1.165, 1.54) is 6.42 Å². The molecule has 0 amide bonds. The van der Waals surface area contributed by atoms with E-state index in [4.69, 9.17) is 6.42 Å². The summed E-state index contributed by atoms with van der Waals surface area (Å²) in [4.78, 5) is 11.6. The standard InChI is InChI=1S/C13H20O2/c1-2-3-5-10-12(14)13(15)11-8-6-4-7-9-11/h1,11,13,15H,3-10H2. The molecule has 84 valence electrons. The fraction of sp³-hybridized carbons (Fsp3) is 0.769. The van der Waals surface area contributed by atoms with Crippen LogP contribution in [0.25, 0.3) is 0 Å². The monoisotopic (exact) mass is 208 g/mol. The van der Waals surface area contributed by atoms with Crippen molar-refractivity contribution in [3.8, 4) is 12.3 Å². The van der Waals surface area contributed by atoms with Gasteiger partial charge >= 0.3 is 0 Å². The molecule has 2 nitrogen and oxygen atoms in total. The number of aliphatic hydroxyl groups is 1. The molecule has 0 aromatic heterocycles. The van der Waals surface area contributed by atoms with Crippen molar-refractivity contribution in [2.75, 3.05) is 0 Å². The summed E-state index contributed by atoms with van der Waals surface area (Å²) in [5.74, 6) is 2.70. The van der Waals surface area contributed by atoms with E-state index in [1.807, 2.05) is 0 Å². The summed E-state index contributed by atoms with van der Waals surface area (Å²) in [5, 5.41) is 9.84. The lowest BCUT2D eigenvalue weighted by atomic mass is 9.83. The molecule has 0 saturated heterocycles. The highest BCUT2D eigenvalue weighted by Gasteiger charge is 2.26. The molecular formula is C13H20O2. The zero-order valence-electron chi connectivity index (χ0n) is 9.24. The van der Waals surface area contributed by atoms with Crippen LogP contribution in [0, 0.1) is 18.3 Å². The fourth-order valence-electron chi connectivity index (χ4n) is 2.23. The number of Topliss-reactive ketones (excluding diaryl/α,β-unsaturated/α-hetero) is 1. The number of carbonyl (C=O) groups is 1. The first-order chi connectivity index (χ1) is 7.25. The zero-order valence-corrected chi connectivity index (χ0v) is 9.24. The minimum absolute atomic E-state index is 0.0165. The molecule has 1 atom stereocenters. The molecule has 1 N–H and O–H groups in total. The molecule has 1 saturated carbocycles. The molecule has 0 spiro atoms. The first kappa shape index (κ1) is 12.3. The SMILES string of the molecule is C#CCCCC(=O)C(O)C1CCCCC1. The summed E-state index contributed by atoms with van der Waals surface area (Å²) in [6.07, 6.45) is 11.7. The minimum atomic E-state index is -0.733. The molecule has 1 unspecified atom stereocenters. The number of aliphatic hydroxyl groups excluding tert-OH is 1. The molecule has 0 bridgehead atoms. The van der Waals surface area contributed by atoms with Gasteiger partial charge in [-0.15, -0.1) is 12.3 Å². The van der Waals surface area contributed by atoms with Crippen molar-refractivity contribution < 1.29 is 9.90 Å². The maximum absolute atomic E-state index is 11.6. The van der Waals surface area contributed by atoms with Gasteiger partial charge < -0.3 is 5.11 Å². The number of hydrogen-bond acceptors (Lipinski definition) is 2. The van der Waals surface area contributed by atoms with Gasteiger partial charge in [0.2, 0.25) is 0 Å². The Bertz CT molecular complexity index is 233. The first-order valence-corrected chi connectivity index (χ1v) is 5.90. The Balaban J connectivity index is 2.28. The molecule has 0 aromatic carbocycles.